The van der Waals surface area contributed by atoms with Gasteiger partial charge in [-0.05, 0) is 68.0 Å². The minimum atomic E-state index is -4.30. The maximum absolute atomic E-state index is 13.0. The summed E-state index contributed by atoms with van der Waals surface area (Å²) in [4.78, 5) is 6.89. The van der Waals surface area contributed by atoms with Gasteiger partial charge in [-0.25, -0.2) is 4.98 Å². The van der Waals surface area contributed by atoms with Gasteiger partial charge < -0.3 is 9.88 Å². The quantitative estimate of drug-likeness (QED) is 0.770. The molecule has 1 aromatic carbocycles. The molecule has 1 spiro atoms. The molecule has 2 aromatic rings. The Morgan fingerprint density at radius 2 is 1.97 bits per heavy atom. The second-order valence-electron chi connectivity index (χ2n) is 8.33. The normalized spacial score (nSPS) is 20.7. The molecule has 29 heavy (non-hydrogen) atoms. The number of halogens is 4. The number of rotatable bonds is 5. The van der Waals surface area contributed by atoms with Crippen molar-refractivity contribution in [3.63, 3.8) is 0 Å². The summed E-state index contributed by atoms with van der Waals surface area (Å²) in [5.41, 5.74) is 1.43. The third-order valence-corrected chi connectivity index (χ3v) is 6.50. The van der Waals surface area contributed by atoms with Crippen molar-refractivity contribution in [3.8, 4) is 0 Å². The lowest BCUT2D eigenvalue weighted by Crippen LogP contribution is -2.36. The van der Waals surface area contributed by atoms with E-state index in [0.29, 0.717) is 30.1 Å². The summed E-state index contributed by atoms with van der Waals surface area (Å²) in [6.45, 7) is 5.23. The van der Waals surface area contributed by atoms with Gasteiger partial charge in [0.15, 0.2) is 0 Å². The maximum atomic E-state index is 13.0. The van der Waals surface area contributed by atoms with Crippen molar-refractivity contribution in [3.05, 3.63) is 53.1 Å². The van der Waals surface area contributed by atoms with Crippen LogP contribution in [0.2, 0.25) is 0 Å². The Kier molecular flexibility index (Phi) is 6.32. The molecule has 1 saturated carbocycles. The predicted octanol–water partition coefficient (Wildman–Crippen LogP) is 4.31. The van der Waals surface area contributed by atoms with Crippen LogP contribution in [-0.2, 0) is 26.3 Å². The van der Waals surface area contributed by atoms with E-state index in [-0.39, 0.29) is 12.4 Å². The number of aromatic nitrogens is 2. The number of hydrogen-bond donors (Lipinski definition) is 1. The number of imidazole rings is 1. The first-order valence-corrected chi connectivity index (χ1v) is 9.86. The molecule has 2 heterocycles. The highest BCUT2D eigenvalue weighted by Gasteiger charge is 2.56. The summed E-state index contributed by atoms with van der Waals surface area (Å²) in [5, 5.41) is 3.43. The first-order chi connectivity index (χ1) is 13.3. The van der Waals surface area contributed by atoms with Crippen molar-refractivity contribution in [2.75, 3.05) is 13.1 Å². The van der Waals surface area contributed by atoms with Crippen molar-refractivity contribution in [1.82, 2.24) is 19.8 Å². The van der Waals surface area contributed by atoms with E-state index in [1.54, 1.807) is 19.2 Å². The Bertz CT molecular complexity index is 843. The fourth-order valence-electron chi connectivity index (χ4n) is 4.58. The van der Waals surface area contributed by atoms with E-state index in [1.165, 1.54) is 31.4 Å². The van der Waals surface area contributed by atoms with Crippen LogP contribution in [0, 0.1) is 12.3 Å². The summed E-state index contributed by atoms with van der Waals surface area (Å²) in [7, 11) is 1.98. The Balaban J connectivity index is 0.00000240. The van der Waals surface area contributed by atoms with Gasteiger partial charge in [0.05, 0.1) is 12.1 Å². The van der Waals surface area contributed by atoms with Gasteiger partial charge in [0.25, 0.3) is 0 Å². The van der Waals surface area contributed by atoms with Crippen molar-refractivity contribution in [2.45, 2.75) is 51.5 Å². The number of nitrogens with zero attached hydrogens (tertiary/aromatic N) is 3. The molecule has 2 fully saturated rings. The zero-order valence-corrected chi connectivity index (χ0v) is 17.6. The largest absolute Gasteiger partial charge is 0.416 e. The lowest BCUT2D eigenvalue weighted by Gasteiger charge is -2.30. The molecule has 1 N–H and O–H groups in total. The molecular weight excluding hydrogens is 401 g/mol. The Hall–Kier alpha value is -1.57. The van der Waals surface area contributed by atoms with Crippen LogP contribution in [0.3, 0.4) is 0 Å². The molecule has 1 atom stereocenters. The SMILES string of the molecule is Cc1cc(C(F)(F)F)ccc1CN(Cc1nccn1C)C1CC12CCNCC2.Cl. The average molecular weight is 429 g/mol. The predicted molar refractivity (Wildman–Crippen MR) is 109 cm³/mol. The van der Waals surface area contributed by atoms with Crippen LogP contribution in [0.4, 0.5) is 13.2 Å². The summed E-state index contributed by atoms with van der Waals surface area (Å²) in [5.74, 6) is 0.987. The van der Waals surface area contributed by atoms with Crippen LogP contribution in [0.1, 0.15) is 41.8 Å². The molecule has 1 unspecified atom stereocenters. The zero-order chi connectivity index (χ0) is 19.9. The third-order valence-electron chi connectivity index (χ3n) is 6.50. The van der Waals surface area contributed by atoms with Crippen LogP contribution in [-0.4, -0.2) is 33.6 Å². The van der Waals surface area contributed by atoms with E-state index >= 15 is 0 Å². The lowest BCUT2D eigenvalue weighted by molar-refractivity contribution is -0.137. The van der Waals surface area contributed by atoms with Crippen molar-refractivity contribution >= 4 is 12.4 Å². The van der Waals surface area contributed by atoms with Crippen molar-refractivity contribution in [2.24, 2.45) is 12.5 Å². The first-order valence-electron chi connectivity index (χ1n) is 9.86. The van der Waals surface area contributed by atoms with Crippen LogP contribution in [0.15, 0.2) is 30.6 Å². The van der Waals surface area contributed by atoms with Crippen LogP contribution >= 0.6 is 12.4 Å². The molecule has 0 radical (unpaired) electrons. The molecule has 1 aliphatic heterocycles. The zero-order valence-electron chi connectivity index (χ0n) is 16.8. The van der Waals surface area contributed by atoms with Gasteiger partial charge in [0.1, 0.15) is 5.82 Å². The van der Waals surface area contributed by atoms with E-state index in [2.05, 4.69) is 15.2 Å². The molecule has 1 aromatic heterocycles. The molecule has 4 rings (SSSR count). The minimum Gasteiger partial charge on any atom is -0.337 e. The number of hydrogen-bond acceptors (Lipinski definition) is 3. The standard InChI is InChI=1S/C21H27F3N4.ClH/c1-15-11-17(21(22,23)24)4-3-16(15)13-28(14-19-26-9-10-27(19)2)18-12-20(18)5-7-25-8-6-20;/h3-4,9-11,18,25H,5-8,12-14H2,1-2H3;1H. The van der Waals surface area contributed by atoms with E-state index in [1.807, 2.05) is 17.8 Å². The number of benzene rings is 1. The molecule has 1 saturated heterocycles. The molecular formula is C21H28ClF3N4. The molecule has 2 aliphatic rings. The monoisotopic (exact) mass is 428 g/mol. The molecule has 0 amide bonds. The topological polar surface area (TPSA) is 33.1 Å². The summed E-state index contributed by atoms with van der Waals surface area (Å²) in [6.07, 6.45) is 2.93. The Labute approximate surface area is 175 Å². The minimum absolute atomic E-state index is 0. The van der Waals surface area contributed by atoms with Gasteiger partial charge in [0.2, 0.25) is 0 Å². The smallest absolute Gasteiger partial charge is 0.337 e. The fraction of sp³-hybridized carbons (Fsp3) is 0.571. The second-order valence-corrected chi connectivity index (χ2v) is 8.33. The number of alkyl halides is 3. The van der Waals surface area contributed by atoms with Crippen LogP contribution < -0.4 is 5.32 Å². The molecule has 8 heteroatoms. The van der Waals surface area contributed by atoms with Gasteiger partial charge in [-0.15, -0.1) is 12.4 Å². The molecule has 4 nitrogen and oxygen atoms in total. The first kappa shape index (κ1) is 22.1. The van der Waals surface area contributed by atoms with Gasteiger partial charge in [0, 0.05) is 32.0 Å². The van der Waals surface area contributed by atoms with E-state index in [4.69, 9.17) is 0 Å². The highest BCUT2D eigenvalue weighted by molar-refractivity contribution is 5.85. The second kappa shape index (κ2) is 8.28. The fourth-order valence-corrected chi connectivity index (χ4v) is 4.58. The lowest BCUT2D eigenvalue weighted by atomic mass is 9.93. The summed E-state index contributed by atoms with van der Waals surface area (Å²) >= 11 is 0. The number of aryl methyl sites for hydroxylation is 2. The van der Waals surface area contributed by atoms with Gasteiger partial charge >= 0.3 is 6.18 Å². The Morgan fingerprint density at radius 3 is 2.55 bits per heavy atom. The van der Waals surface area contributed by atoms with Gasteiger partial charge in [-0.1, -0.05) is 6.07 Å². The molecule has 160 valence electrons. The van der Waals surface area contributed by atoms with E-state index < -0.39 is 11.7 Å². The van der Waals surface area contributed by atoms with Crippen molar-refractivity contribution in [1.29, 1.82) is 0 Å². The highest BCUT2D eigenvalue weighted by Crippen LogP contribution is 2.56. The van der Waals surface area contributed by atoms with E-state index in [9.17, 15) is 13.2 Å². The molecule has 0 bridgehead atoms. The maximum Gasteiger partial charge on any atom is 0.416 e. The van der Waals surface area contributed by atoms with Crippen LogP contribution in [0.5, 0.6) is 0 Å². The number of nitrogens with one attached hydrogen (secondary N) is 1. The molecule has 1 aliphatic carbocycles. The van der Waals surface area contributed by atoms with Gasteiger partial charge in [-0.2, -0.15) is 13.2 Å². The summed E-state index contributed by atoms with van der Waals surface area (Å²) in [6, 6.07) is 4.57. The Morgan fingerprint density at radius 1 is 1.24 bits per heavy atom. The summed E-state index contributed by atoms with van der Waals surface area (Å²) < 4.78 is 41.0. The average Bonchev–Trinajstić information content (AvgIpc) is 3.17. The third kappa shape index (κ3) is 4.62. The van der Waals surface area contributed by atoms with E-state index in [0.717, 1.165) is 24.5 Å². The van der Waals surface area contributed by atoms with Gasteiger partial charge in [-0.3, -0.25) is 4.90 Å². The number of piperidine rings is 1. The highest BCUT2D eigenvalue weighted by atomic mass is 35.5. The van der Waals surface area contributed by atoms with Crippen LogP contribution in [0.25, 0.3) is 0 Å². The van der Waals surface area contributed by atoms with Crippen molar-refractivity contribution < 1.29 is 13.2 Å².